The molecule has 8 nitrogen and oxygen atoms in total. The first kappa shape index (κ1) is 23.3. The van der Waals surface area contributed by atoms with Crippen LogP contribution in [-0.4, -0.2) is 39.2 Å². The largest absolute Gasteiger partial charge is 0.487 e. The predicted octanol–water partition coefficient (Wildman–Crippen LogP) is 4.31. The Labute approximate surface area is 195 Å². The summed E-state index contributed by atoms with van der Waals surface area (Å²) >= 11 is 0. The smallest absolute Gasteiger partial charge is 0.278 e. The zero-order valence-electron chi connectivity index (χ0n) is 19.0. The average molecular weight is 470 g/mol. The number of hydrogen-bond donors (Lipinski definition) is 1. The highest BCUT2D eigenvalue weighted by Gasteiger charge is 2.34. The van der Waals surface area contributed by atoms with Gasteiger partial charge in [-0.3, -0.25) is 9.59 Å². The molecule has 34 heavy (non-hydrogen) atoms. The van der Waals surface area contributed by atoms with Crippen LogP contribution < -0.4 is 10.1 Å². The van der Waals surface area contributed by atoms with Crippen molar-refractivity contribution in [3.63, 3.8) is 0 Å². The Morgan fingerprint density at radius 2 is 2.15 bits per heavy atom. The molecule has 2 aromatic heterocycles. The van der Waals surface area contributed by atoms with Gasteiger partial charge in [0.25, 0.3) is 11.8 Å². The molecular formula is C24H24F2N4O4. The van der Waals surface area contributed by atoms with Gasteiger partial charge >= 0.3 is 0 Å². The lowest BCUT2D eigenvalue weighted by molar-refractivity contribution is -0.115. The molecule has 10 heteroatoms. The first-order chi connectivity index (χ1) is 16.1. The number of rotatable bonds is 8. The second-order valence-corrected chi connectivity index (χ2v) is 8.37. The zero-order chi connectivity index (χ0) is 24.5. The molecule has 3 heterocycles. The van der Waals surface area contributed by atoms with Crippen LogP contribution in [-0.2, 0) is 17.8 Å². The molecule has 0 saturated heterocycles. The quantitative estimate of drug-likeness (QED) is 0.527. The maximum Gasteiger partial charge on any atom is 0.278 e. The molecule has 0 radical (unpaired) electrons. The van der Waals surface area contributed by atoms with Crippen molar-refractivity contribution in [1.82, 2.24) is 14.9 Å². The monoisotopic (exact) mass is 470 g/mol. The number of carbonyl (C=O) groups excluding carboxylic acids is 2. The van der Waals surface area contributed by atoms with Crippen molar-refractivity contribution >= 4 is 17.6 Å². The Kier molecular flexibility index (Phi) is 6.32. The van der Waals surface area contributed by atoms with E-state index in [4.69, 9.17) is 9.15 Å². The van der Waals surface area contributed by atoms with Gasteiger partial charge in [-0.15, -0.1) is 0 Å². The summed E-state index contributed by atoms with van der Waals surface area (Å²) in [5.74, 6) is -2.33. The number of anilines is 1. The first-order valence-electron chi connectivity index (χ1n) is 10.7. The molecule has 1 aromatic carbocycles. The summed E-state index contributed by atoms with van der Waals surface area (Å²) in [6, 6.07) is 6.54. The SMILES string of the molecule is Cc1cc(C(C)N2Cc3c(ccnc3NC(=O)Cc3cnco3)C2=O)ccc1OCC(C)(F)F. The summed E-state index contributed by atoms with van der Waals surface area (Å²) in [5, 5.41) is 2.75. The van der Waals surface area contributed by atoms with Crippen LogP contribution in [0.5, 0.6) is 5.75 Å². The minimum Gasteiger partial charge on any atom is -0.487 e. The maximum atomic E-state index is 13.1. The van der Waals surface area contributed by atoms with Crippen molar-refractivity contribution in [1.29, 1.82) is 0 Å². The average Bonchev–Trinajstić information content (AvgIpc) is 3.40. The standard InChI is InChI=1S/C24H24F2N4O4/c1-14-8-16(4-5-20(14)33-12-24(3,25)26)15(2)30-11-19-18(23(30)32)6-7-28-22(19)29-21(31)9-17-10-27-13-34-17/h4-8,10,13,15H,9,11-12H2,1-3H3,(H,28,29,31). The van der Waals surface area contributed by atoms with Gasteiger partial charge in [-0.2, -0.15) is 0 Å². The minimum absolute atomic E-state index is 0.00291. The summed E-state index contributed by atoms with van der Waals surface area (Å²) in [7, 11) is 0. The number of ether oxygens (including phenoxy) is 1. The molecule has 2 amide bonds. The van der Waals surface area contributed by atoms with Crippen molar-refractivity contribution in [2.24, 2.45) is 0 Å². The Morgan fingerprint density at radius 1 is 1.35 bits per heavy atom. The third kappa shape index (κ3) is 5.05. The third-order valence-electron chi connectivity index (χ3n) is 5.58. The van der Waals surface area contributed by atoms with Crippen LogP contribution in [0.4, 0.5) is 14.6 Å². The van der Waals surface area contributed by atoms with Gasteiger partial charge in [0.05, 0.1) is 25.2 Å². The van der Waals surface area contributed by atoms with Gasteiger partial charge in [0.15, 0.2) is 13.0 Å². The lowest BCUT2D eigenvalue weighted by atomic mass is 10.0. The maximum absolute atomic E-state index is 13.1. The predicted molar refractivity (Wildman–Crippen MR) is 119 cm³/mol. The molecule has 1 aliphatic heterocycles. The van der Waals surface area contributed by atoms with E-state index in [9.17, 15) is 18.4 Å². The molecule has 3 aromatic rings. The normalized spacial score (nSPS) is 14.1. The summed E-state index contributed by atoms with van der Waals surface area (Å²) in [4.78, 5) is 35.2. The topological polar surface area (TPSA) is 97.6 Å². The van der Waals surface area contributed by atoms with Gasteiger partial charge in [-0.25, -0.2) is 18.7 Å². The van der Waals surface area contributed by atoms with Crippen molar-refractivity contribution < 1.29 is 27.5 Å². The molecule has 0 bridgehead atoms. The number of pyridine rings is 1. The van der Waals surface area contributed by atoms with Gasteiger partial charge in [0.2, 0.25) is 5.91 Å². The molecule has 0 fully saturated rings. The molecule has 0 aliphatic carbocycles. The zero-order valence-corrected chi connectivity index (χ0v) is 19.0. The van der Waals surface area contributed by atoms with E-state index in [-0.39, 0.29) is 30.8 Å². The van der Waals surface area contributed by atoms with E-state index in [1.807, 2.05) is 13.0 Å². The molecule has 0 spiro atoms. The number of alkyl halides is 2. The Hall–Kier alpha value is -3.82. The van der Waals surface area contributed by atoms with Gasteiger partial charge in [-0.1, -0.05) is 12.1 Å². The number of nitrogens with one attached hydrogen (secondary N) is 1. The van der Waals surface area contributed by atoms with E-state index >= 15 is 0 Å². The number of carbonyl (C=O) groups is 2. The second kappa shape index (κ2) is 9.20. The van der Waals surface area contributed by atoms with E-state index in [0.717, 1.165) is 12.5 Å². The molecule has 1 atom stereocenters. The van der Waals surface area contributed by atoms with Crippen LogP contribution >= 0.6 is 0 Å². The highest BCUT2D eigenvalue weighted by Crippen LogP contribution is 2.35. The number of amides is 2. The first-order valence-corrected chi connectivity index (χ1v) is 10.7. The van der Waals surface area contributed by atoms with Crippen molar-refractivity contribution in [3.05, 3.63) is 71.1 Å². The van der Waals surface area contributed by atoms with E-state index < -0.39 is 12.5 Å². The molecule has 4 rings (SSSR count). The van der Waals surface area contributed by atoms with Crippen molar-refractivity contribution in [3.8, 4) is 5.75 Å². The lowest BCUT2D eigenvalue weighted by Crippen LogP contribution is -2.27. The van der Waals surface area contributed by atoms with Crippen LogP contribution in [0.15, 0.2) is 47.5 Å². The van der Waals surface area contributed by atoms with Crippen LogP contribution in [0.1, 0.15) is 52.7 Å². The molecule has 1 N–H and O–H groups in total. The number of benzene rings is 1. The van der Waals surface area contributed by atoms with Gasteiger partial charge < -0.3 is 19.4 Å². The van der Waals surface area contributed by atoms with Crippen LogP contribution in [0.2, 0.25) is 0 Å². The van der Waals surface area contributed by atoms with Crippen LogP contribution in [0, 0.1) is 6.92 Å². The van der Waals surface area contributed by atoms with E-state index in [1.165, 1.54) is 18.8 Å². The van der Waals surface area contributed by atoms with Gasteiger partial charge in [-0.05, 0) is 37.1 Å². The highest BCUT2D eigenvalue weighted by molar-refractivity contribution is 6.01. The highest BCUT2D eigenvalue weighted by atomic mass is 19.3. The number of aryl methyl sites for hydroxylation is 1. The van der Waals surface area contributed by atoms with E-state index in [1.54, 1.807) is 30.0 Å². The fourth-order valence-electron chi connectivity index (χ4n) is 3.81. The number of aromatic nitrogens is 2. The van der Waals surface area contributed by atoms with E-state index in [0.29, 0.717) is 34.0 Å². The number of halogens is 2. The third-order valence-corrected chi connectivity index (χ3v) is 5.58. The van der Waals surface area contributed by atoms with Crippen LogP contribution in [0.25, 0.3) is 0 Å². The molecule has 178 valence electrons. The van der Waals surface area contributed by atoms with Crippen LogP contribution in [0.3, 0.4) is 0 Å². The summed E-state index contributed by atoms with van der Waals surface area (Å²) < 4.78 is 36.6. The molecule has 1 unspecified atom stereocenters. The van der Waals surface area contributed by atoms with E-state index in [2.05, 4.69) is 15.3 Å². The van der Waals surface area contributed by atoms with Crippen molar-refractivity contribution in [2.75, 3.05) is 11.9 Å². The fraction of sp³-hybridized carbons (Fsp3) is 0.333. The summed E-state index contributed by atoms with van der Waals surface area (Å²) in [6.07, 6.45) is 4.19. The number of nitrogens with zero attached hydrogens (tertiary/aromatic N) is 3. The molecule has 0 saturated carbocycles. The van der Waals surface area contributed by atoms with Gasteiger partial charge in [0, 0.05) is 24.2 Å². The second-order valence-electron chi connectivity index (χ2n) is 8.37. The lowest BCUT2D eigenvalue weighted by Gasteiger charge is -2.25. The van der Waals surface area contributed by atoms with Crippen molar-refractivity contribution in [2.45, 2.75) is 45.7 Å². The summed E-state index contributed by atoms with van der Waals surface area (Å²) in [6.45, 7) is 4.01. The Morgan fingerprint density at radius 3 is 2.82 bits per heavy atom. The fourth-order valence-corrected chi connectivity index (χ4v) is 3.81. The summed E-state index contributed by atoms with van der Waals surface area (Å²) in [5.41, 5.74) is 2.63. The van der Waals surface area contributed by atoms with Gasteiger partial charge in [0.1, 0.15) is 17.3 Å². The Balaban J connectivity index is 1.49. The number of hydrogen-bond acceptors (Lipinski definition) is 6. The Bertz CT molecular complexity index is 1210. The molecule has 1 aliphatic rings. The molecular weight excluding hydrogens is 446 g/mol. The number of oxazole rings is 1. The minimum atomic E-state index is -2.93. The number of fused-ring (bicyclic) bond motifs is 1.